The number of piperidine rings is 1. The Morgan fingerprint density at radius 3 is 2.75 bits per heavy atom. The summed E-state index contributed by atoms with van der Waals surface area (Å²) in [5.41, 5.74) is 2.39. The number of aromatic nitrogens is 4. The van der Waals surface area contributed by atoms with Crippen molar-refractivity contribution in [3.05, 3.63) is 41.2 Å². The third-order valence-corrected chi connectivity index (χ3v) is 4.96. The molecule has 0 saturated carbocycles. The Hall–Kier alpha value is -1.50. The zero-order chi connectivity index (χ0) is 15.6. The van der Waals surface area contributed by atoms with E-state index in [0.717, 1.165) is 57.9 Å². The second-order valence-corrected chi connectivity index (χ2v) is 6.68. The fourth-order valence-electron chi connectivity index (χ4n) is 3.59. The van der Waals surface area contributed by atoms with E-state index in [2.05, 4.69) is 49.0 Å². The summed E-state index contributed by atoms with van der Waals surface area (Å²) in [5, 5.41) is 12.2. The number of hydrogen-bond acceptors (Lipinski definition) is 5. The number of nitrogens with zero attached hydrogens (tertiary/aromatic N) is 5. The van der Waals surface area contributed by atoms with Gasteiger partial charge in [-0.05, 0) is 44.5 Å². The van der Waals surface area contributed by atoms with Gasteiger partial charge in [-0.3, -0.25) is 9.88 Å². The Morgan fingerprint density at radius 1 is 1.17 bits per heavy atom. The van der Waals surface area contributed by atoms with E-state index in [1.807, 2.05) is 6.20 Å². The van der Waals surface area contributed by atoms with E-state index in [0.29, 0.717) is 5.92 Å². The molecule has 130 valence electrons. The van der Waals surface area contributed by atoms with Crippen molar-refractivity contribution >= 4 is 12.4 Å². The first kappa shape index (κ1) is 17.3. The fourth-order valence-corrected chi connectivity index (χ4v) is 3.59. The normalized spacial score (nSPS) is 18.9. The summed E-state index contributed by atoms with van der Waals surface area (Å²) < 4.78 is 2.33. The van der Waals surface area contributed by atoms with Crippen LogP contribution in [0, 0.1) is 6.92 Å². The van der Waals surface area contributed by atoms with Crippen LogP contribution in [0.2, 0.25) is 0 Å². The van der Waals surface area contributed by atoms with Gasteiger partial charge in [0.15, 0.2) is 0 Å². The molecule has 0 unspecified atom stereocenters. The largest absolute Gasteiger partial charge is 0.312 e. The number of hydrogen-bond donors (Lipinski definition) is 1. The lowest BCUT2D eigenvalue weighted by Crippen LogP contribution is -2.35. The maximum Gasteiger partial charge on any atom is 0.147 e. The lowest BCUT2D eigenvalue weighted by Gasteiger charge is -2.31. The molecular formula is C17H25ClN6. The van der Waals surface area contributed by atoms with Crippen LogP contribution >= 0.6 is 12.4 Å². The minimum absolute atomic E-state index is 0. The van der Waals surface area contributed by atoms with Crippen LogP contribution in [-0.2, 0) is 19.6 Å². The van der Waals surface area contributed by atoms with E-state index in [4.69, 9.17) is 0 Å². The summed E-state index contributed by atoms with van der Waals surface area (Å²) in [4.78, 5) is 7.03. The minimum Gasteiger partial charge on any atom is -0.312 e. The quantitative estimate of drug-likeness (QED) is 0.917. The summed E-state index contributed by atoms with van der Waals surface area (Å²) in [6, 6.07) is 4.29. The number of rotatable bonds is 3. The second-order valence-electron chi connectivity index (χ2n) is 6.68. The van der Waals surface area contributed by atoms with Gasteiger partial charge in [-0.1, -0.05) is 6.07 Å². The smallest absolute Gasteiger partial charge is 0.147 e. The SMILES string of the molecule is Cc1ccc(CN2CCC(c3nnc4n3CCNC4)CC2)nc1.Cl. The average molecular weight is 349 g/mol. The first-order valence-electron chi connectivity index (χ1n) is 8.56. The van der Waals surface area contributed by atoms with Crippen molar-refractivity contribution in [2.45, 2.75) is 45.3 Å². The van der Waals surface area contributed by atoms with Crippen molar-refractivity contribution in [1.82, 2.24) is 30.0 Å². The van der Waals surface area contributed by atoms with Gasteiger partial charge in [0, 0.05) is 31.7 Å². The second kappa shape index (κ2) is 7.59. The van der Waals surface area contributed by atoms with E-state index >= 15 is 0 Å². The number of fused-ring (bicyclic) bond motifs is 1. The predicted octanol–water partition coefficient (Wildman–Crippen LogP) is 1.89. The maximum atomic E-state index is 4.52. The number of likely N-dealkylation sites (tertiary alicyclic amines) is 1. The highest BCUT2D eigenvalue weighted by Gasteiger charge is 2.27. The van der Waals surface area contributed by atoms with Gasteiger partial charge in [0.05, 0.1) is 12.2 Å². The van der Waals surface area contributed by atoms with Crippen LogP contribution in [0.1, 0.15) is 41.7 Å². The van der Waals surface area contributed by atoms with E-state index < -0.39 is 0 Å². The predicted molar refractivity (Wildman–Crippen MR) is 95.2 cm³/mol. The van der Waals surface area contributed by atoms with Gasteiger partial charge in [0.2, 0.25) is 0 Å². The Morgan fingerprint density at radius 2 is 2.00 bits per heavy atom. The van der Waals surface area contributed by atoms with Gasteiger partial charge in [-0.25, -0.2) is 0 Å². The molecule has 4 rings (SSSR count). The molecule has 2 aliphatic heterocycles. The number of pyridine rings is 1. The highest BCUT2D eigenvalue weighted by Crippen LogP contribution is 2.28. The molecule has 6 nitrogen and oxygen atoms in total. The summed E-state index contributed by atoms with van der Waals surface area (Å²) >= 11 is 0. The zero-order valence-electron chi connectivity index (χ0n) is 14.1. The maximum absolute atomic E-state index is 4.52. The van der Waals surface area contributed by atoms with E-state index in [1.165, 1.54) is 17.1 Å². The summed E-state index contributed by atoms with van der Waals surface area (Å²) in [7, 11) is 0. The highest BCUT2D eigenvalue weighted by molar-refractivity contribution is 5.85. The molecular weight excluding hydrogens is 324 g/mol. The molecule has 4 heterocycles. The van der Waals surface area contributed by atoms with Gasteiger partial charge in [0.25, 0.3) is 0 Å². The van der Waals surface area contributed by atoms with Gasteiger partial charge in [0.1, 0.15) is 11.6 Å². The molecule has 0 radical (unpaired) electrons. The first-order valence-corrected chi connectivity index (χ1v) is 8.56. The third kappa shape index (κ3) is 3.61. The minimum atomic E-state index is 0. The highest BCUT2D eigenvalue weighted by atomic mass is 35.5. The molecule has 0 atom stereocenters. The van der Waals surface area contributed by atoms with Gasteiger partial charge < -0.3 is 9.88 Å². The Labute approximate surface area is 149 Å². The molecule has 0 amide bonds. The number of halogens is 1. The molecule has 0 spiro atoms. The number of aryl methyl sites for hydroxylation is 1. The van der Waals surface area contributed by atoms with Crippen molar-refractivity contribution in [3.8, 4) is 0 Å². The van der Waals surface area contributed by atoms with E-state index in [9.17, 15) is 0 Å². The van der Waals surface area contributed by atoms with Crippen LogP contribution in [-0.4, -0.2) is 44.3 Å². The Balaban J connectivity index is 0.00000169. The van der Waals surface area contributed by atoms with Crippen LogP contribution in [0.15, 0.2) is 18.3 Å². The molecule has 1 N–H and O–H groups in total. The van der Waals surface area contributed by atoms with Gasteiger partial charge in [-0.2, -0.15) is 0 Å². The monoisotopic (exact) mass is 348 g/mol. The number of nitrogens with one attached hydrogen (secondary N) is 1. The fraction of sp³-hybridized carbons (Fsp3) is 0.588. The van der Waals surface area contributed by atoms with Crippen molar-refractivity contribution in [2.75, 3.05) is 19.6 Å². The molecule has 0 aromatic carbocycles. The van der Waals surface area contributed by atoms with Crippen LogP contribution in [0.25, 0.3) is 0 Å². The van der Waals surface area contributed by atoms with Crippen molar-refractivity contribution in [2.24, 2.45) is 0 Å². The Kier molecular flexibility index (Phi) is 5.48. The van der Waals surface area contributed by atoms with E-state index in [-0.39, 0.29) is 12.4 Å². The summed E-state index contributed by atoms with van der Waals surface area (Å²) in [5.74, 6) is 2.85. The lowest BCUT2D eigenvalue weighted by atomic mass is 9.95. The van der Waals surface area contributed by atoms with Gasteiger partial charge in [-0.15, -0.1) is 22.6 Å². The average Bonchev–Trinajstić information content (AvgIpc) is 3.02. The molecule has 7 heteroatoms. The van der Waals surface area contributed by atoms with E-state index in [1.54, 1.807) is 0 Å². The van der Waals surface area contributed by atoms with Crippen LogP contribution in [0.3, 0.4) is 0 Å². The van der Waals surface area contributed by atoms with Crippen LogP contribution in [0.4, 0.5) is 0 Å². The molecule has 2 aromatic rings. The molecule has 2 aromatic heterocycles. The zero-order valence-corrected chi connectivity index (χ0v) is 14.9. The van der Waals surface area contributed by atoms with Crippen LogP contribution in [0.5, 0.6) is 0 Å². The van der Waals surface area contributed by atoms with Gasteiger partial charge >= 0.3 is 0 Å². The Bertz CT molecular complexity index is 660. The van der Waals surface area contributed by atoms with Crippen molar-refractivity contribution in [3.63, 3.8) is 0 Å². The molecule has 0 aliphatic carbocycles. The molecule has 1 saturated heterocycles. The first-order chi connectivity index (χ1) is 11.3. The molecule has 0 bridgehead atoms. The third-order valence-electron chi connectivity index (χ3n) is 4.96. The topological polar surface area (TPSA) is 58.9 Å². The summed E-state index contributed by atoms with van der Waals surface area (Å²) in [6.07, 6.45) is 4.29. The van der Waals surface area contributed by atoms with Crippen molar-refractivity contribution < 1.29 is 0 Å². The molecule has 1 fully saturated rings. The standard InChI is InChI=1S/C17H24N6.ClH/c1-13-2-3-15(19-10-13)12-22-7-4-14(5-8-22)17-21-20-16-11-18-6-9-23(16)17;/h2-3,10,14,18H,4-9,11-12H2,1H3;1H. The molecule has 2 aliphatic rings. The van der Waals surface area contributed by atoms with Crippen LogP contribution < -0.4 is 5.32 Å². The molecule has 24 heavy (non-hydrogen) atoms. The lowest BCUT2D eigenvalue weighted by molar-refractivity contribution is 0.197. The van der Waals surface area contributed by atoms with Crippen molar-refractivity contribution in [1.29, 1.82) is 0 Å². The summed E-state index contributed by atoms with van der Waals surface area (Å²) in [6.45, 7) is 8.14.